The van der Waals surface area contributed by atoms with Crippen LogP contribution in [0.5, 0.6) is 0 Å². The number of carbonyl (C=O) groups is 1. The number of benzene rings is 2. The molecule has 2 heterocycles. The van der Waals surface area contributed by atoms with Crippen LogP contribution in [-0.4, -0.2) is 32.2 Å². The third kappa shape index (κ3) is 4.11. The normalized spacial score (nSPS) is 15.8. The van der Waals surface area contributed by atoms with Gasteiger partial charge in [0.25, 0.3) is 0 Å². The van der Waals surface area contributed by atoms with E-state index in [9.17, 15) is 4.79 Å². The molecule has 1 amide bonds. The van der Waals surface area contributed by atoms with E-state index in [2.05, 4.69) is 35.0 Å². The van der Waals surface area contributed by atoms with E-state index in [-0.39, 0.29) is 11.9 Å². The van der Waals surface area contributed by atoms with E-state index >= 15 is 0 Å². The Morgan fingerprint density at radius 1 is 1.21 bits per heavy atom. The molecule has 0 N–H and O–H groups in total. The molecular weight excluding hydrogens is 400 g/mol. The number of aromatic nitrogens is 3. The number of thioether (sulfide) groups is 2. The molecule has 0 spiro atoms. The fourth-order valence-corrected chi connectivity index (χ4v) is 5.44. The zero-order valence-corrected chi connectivity index (χ0v) is 17.8. The van der Waals surface area contributed by atoms with E-state index in [1.807, 2.05) is 58.9 Å². The molecule has 1 aromatic heterocycles. The van der Waals surface area contributed by atoms with Crippen molar-refractivity contribution in [2.24, 2.45) is 0 Å². The van der Waals surface area contributed by atoms with Crippen molar-refractivity contribution in [3.05, 3.63) is 78.6 Å². The lowest BCUT2D eigenvalue weighted by Gasteiger charge is -2.37. The molecule has 0 bridgehead atoms. The van der Waals surface area contributed by atoms with Crippen LogP contribution in [0.25, 0.3) is 0 Å². The second-order valence-electron chi connectivity index (χ2n) is 6.69. The number of hydrogen-bond donors (Lipinski definition) is 0. The van der Waals surface area contributed by atoms with Gasteiger partial charge in [-0.3, -0.25) is 4.79 Å². The second kappa shape index (κ2) is 8.88. The minimum atomic E-state index is 0.0111. The van der Waals surface area contributed by atoms with Gasteiger partial charge in [-0.1, -0.05) is 60.3 Å². The van der Waals surface area contributed by atoms with Crippen LogP contribution in [0.4, 0.5) is 5.69 Å². The summed E-state index contributed by atoms with van der Waals surface area (Å²) < 4.78 is 1.97. The highest BCUT2D eigenvalue weighted by Crippen LogP contribution is 2.43. The number of rotatable bonds is 6. The fraction of sp³-hybridized carbons (Fsp3) is 0.227. The highest BCUT2D eigenvalue weighted by molar-refractivity contribution is 8.00. The van der Waals surface area contributed by atoms with Gasteiger partial charge in [0.1, 0.15) is 5.82 Å². The highest BCUT2D eigenvalue weighted by Gasteiger charge is 2.32. The van der Waals surface area contributed by atoms with Gasteiger partial charge >= 0.3 is 0 Å². The Bertz CT molecular complexity index is 1020. The molecule has 148 valence electrons. The zero-order valence-electron chi connectivity index (χ0n) is 16.2. The number of para-hydroxylation sites is 1. The van der Waals surface area contributed by atoms with Crippen molar-refractivity contribution < 1.29 is 4.79 Å². The molecular formula is C22H22N4OS2. The van der Waals surface area contributed by atoms with E-state index in [4.69, 9.17) is 0 Å². The van der Waals surface area contributed by atoms with Gasteiger partial charge in [0.05, 0.1) is 17.5 Å². The summed E-state index contributed by atoms with van der Waals surface area (Å²) in [7, 11) is 0. The van der Waals surface area contributed by atoms with Crippen LogP contribution in [0.1, 0.15) is 17.4 Å². The predicted octanol–water partition coefficient (Wildman–Crippen LogP) is 4.74. The molecule has 0 radical (unpaired) electrons. The van der Waals surface area contributed by atoms with Gasteiger partial charge in [-0.2, -0.15) is 0 Å². The Hall–Kier alpha value is -2.51. The topological polar surface area (TPSA) is 51.0 Å². The summed E-state index contributed by atoms with van der Waals surface area (Å²) in [5.41, 5.74) is 2.13. The van der Waals surface area contributed by atoms with E-state index in [1.165, 1.54) is 11.8 Å². The number of aryl methyl sites for hydroxylation is 1. The molecule has 0 saturated carbocycles. The molecule has 0 unspecified atom stereocenters. The Morgan fingerprint density at radius 3 is 2.76 bits per heavy atom. The minimum Gasteiger partial charge on any atom is -0.302 e. The number of nitrogens with zero attached hydrogens (tertiary/aromatic N) is 4. The average molecular weight is 423 g/mol. The van der Waals surface area contributed by atoms with Gasteiger partial charge in [0, 0.05) is 17.2 Å². The van der Waals surface area contributed by atoms with Crippen LogP contribution < -0.4 is 4.90 Å². The van der Waals surface area contributed by atoms with Crippen molar-refractivity contribution in [3.63, 3.8) is 0 Å². The number of allylic oxidation sites excluding steroid dienone is 1. The van der Waals surface area contributed by atoms with Crippen molar-refractivity contribution in [2.75, 3.05) is 16.4 Å². The average Bonchev–Trinajstić information content (AvgIpc) is 3.11. The first kappa shape index (κ1) is 19.8. The predicted molar refractivity (Wildman–Crippen MR) is 120 cm³/mol. The van der Waals surface area contributed by atoms with Crippen molar-refractivity contribution in [2.45, 2.75) is 29.6 Å². The van der Waals surface area contributed by atoms with Crippen LogP contribution >= 0.6 is 23.5 Å². The highest BCUT2D eigenvalue weighted by atomic mass is 32.2. The van der Waals surface area contributed by atoms with E-state index in [0.29, 0.717) is 12.3 Å². The summed E-state index contributed by atoms with van der Waals surface area (Å²) in [4.78, 5) is 16.5. The van der Waals surface area contributed by atoms with Gasteiger partial charge in [-0.25, -0.2) is 0 Å². The van der Waals surface area contributed by atoms with E-state index in [0.717, 1.165) is 32.9 Å². The van der Waals surface area contributed by atoms with Gasteiger partial charge in [0.15, 0.2) is 5.16 Å². The molecule has 29 heavy (non-hydrogen) atoms. The van der Waals surface area contributed by atoms with Gasteiger partial charge < -0.3 is 9.47 Å². The summed E-state index contributed by atoms with van der Waals surface area (Å²) in [6, 6.07) is 18.4. The van der Waals surface area contributed by atoms with Gasteiger partial charge in [0.2, 0.25) is 5.91 Å². The summed E-state index contributed by atoms with van der Waals surface area (Å²) in [6.45, 7) is 6.33. The number of fused-ring (bicyclic) bond motifs is 1. The first-order valence-electron chi connectivity index (χ1n) is 9.41. The van der Waals surface area contributed by atoms with Crippen LogP contribution in [0, 0.1) is 6.92 Å². The van der Waals surface area contributed by atoms with E-state index < -0.39 is 0 Å². The van der Waals surface area contributed by atoms with Gasteiger partial charge in [-0.15, -0.1) is 28.5 Å². The smallest absolute Gasteiger partial charge is 0.238 e. The first-order chi connectivity index (χ1) is 14.2. The molecule has 1 atom stereocenters. The molecule has 4 rings (SSSR count). The number of hydrogen-bond acceptors (Lipinski definition) is 5. The number of carbonyl (C=O) groups excluding carboxylic acids is 1. The van der Waals surface area contributed by atoms with Crippen molar-refractivity contribution in [1.29, 1.82) is 0 Å². The van der Waals surface area contributed by atoms with Crippen molar-refractivity contribution in [1.82, 2.24) is 14.8 Å². The Kier molecular flexibility index (Phi) is 6.06. The Balaban J connectivity index is 1.61. The molecule has 7 heteroatoms. The summed E-state index contributed by atoms with van der Waals surface area (Å²) >= 11 is 3.23. The van der Waals surface area contributed by atoms with Crippen LogP contribution in [0.15, 0.2) is 77.3 Å². The van der Waals surface area contributed by atoms with Crippen LogP contribution in [-0.2, 0) is 11.3 Å². The fourth-order valence-electron chi connectivity index (χ4n) is 3.42. The summed E-state index contributed by atoms with van der Waals surface area (Å²) in [6.07, 6.45) is 1.81. The monoisotopic (exact) mass is 422 g/mol. The lowest BCUT2D eigenvalue weighted by molar-refractivity contribution is -0.116. The SMILES string of the molecule is C=CCn1c(C)nnc1SCC(=O)N1c2ccccc2SC[C@@H]1c1ccccc1. The minimum absolute atomic E-state index is 0.0111. The standard InChI is InChI=1S/C22H22N4OS2/c1-3-13-25-16(2)23-24-22(25)29-15-21(27)26-18-11-7-8-12-20(18)28-14-19(26)17-9-5-4-6-10-17/h3-12,19H,1,13-15H2,2H3/t19-/m1/s1. The zero-order chi connectivity index (χ0) is 20.2. The molecule has 2 aromatic carbocycles. The maximum absolute atomic E-state index is 13.4. The van der Waals surface area contributed by atoms with Gasteiger partial charge in [-0.05, 0) is 24.6 Å². The molecule has 1 aliphatic heterocycles. The molecule has 0 aliphatic carbocycles. The quantitative estimate of drug-likeness (QED) is 0.424. The molecule has 0 fully saturated rings. The largest absolute Gasteiger partial charge is 0.302 e. The second-order valence-corrected chi connectivity index (χ2v) is 8.69. The maximum Gasteiger partial charge on any atom is 0.238 e. The summed E-state index contributed by atoms with van der Waals surface area (Å²) in [5.74, 6) is 2.03. The van der Waals surface area contributed by atoms with Crippen molar-refractivity contribution >= 4 is 35.1 Å². The third-order valence-corrected chi connectivity index (χ3v) is 6.91. The van der Waals surface area contributed by atoms with Crippen LogP contribution in [0.2, 0.25) is 0 Å². The Labute approximate surface area is 179 Å². The number of anilines is 1. The lowest BCUT2D eigenvalue weighted by Crippen LogP contribution is -2.39. The maximum atomic E-state index is 13.4. The Morgan fingerprint density at radius 2 is 1.97 bits per heavy atom. The lowest BCUT2D eigenvalue weighted by atomic mass is 10.1. The molecule has 1 aliphatic rings. The summed E-state index contributed by atoms with van der Waals surface area (Å²) in [5, 5.41) is 9.11. The number of amides is 1. The first-order valence-corrected chi connectivity index (χ1v) is 11.4. The third-order valence-electron chi connectivity index (χ3n) is 4.82. The molecule has 5 nitrogen and oxygen atoms in total. The van der Waals surface area contributed by atoms with E-state index in [1.54, 1.807) is 11.8 Å². The van der Waals surface area contributed by atoms with Crippen molar-refractivity contribution in [3.8, 4) is 0 Å². The molecule has 0 saturated heterocycles. The molecule has 3 aromatic rings. The van der Waals surface area contributed by atoms with Crippen LogP contribution in [0.3, 0.4) is 0 Å².